The first kappa shape index (κ1) is 21.4. The third-order valence-corrected chi connectivity index (χ3v) is 6.76. The van der Waals surface area contributed by atoms with Crippen LogP contribution in [-0.2, 0) is 21.4 Å². The summed E-state index contributed by atoms with van der Waals surface area (Å²) in [5.74, 6) is 0.170. The summed E-state index contributed by atoms with van der Waals surface area (Å²) in [7, 11) is -1.14. The molecule has 0 saturated carbocycles. The molecule has 0 saturated heterocycles. The minimum absolute atomic E-state index is 0.0666. The van der Waals surface area contributed by atoms with Gasteiger partial charge in [0.25, 0.3) is 15.9 Å². The molecule has 8 heteroatoms. The molecular formula is C22H24N2O5S. The smallest absolute Gasteiger partial charge is 0.270 e. The van der Waals surface area contributed by atoms with Crippen LogP contribution in [0, 0.1) is 0 Å². The van der Waals surface area contributed by atoms with Gasteiger partial charge in [0.1, 0.15) is 0 Å². The normalized spacial score (nSPS) is 14.7. The number of fused-ring (bicyclic) bond motifs is 1. The van der Waals surface area contributed by atoms with E-state index in [0.717, 1.165) is 5.56 Å². The molecule has 158 valence electrons. The van der Waals surface area contributed by atoms with Crippen molar-refractivity contribution in [2.45, 2.75) is 13.5 Å². The summed E-state index contributed by atoms with van der Waals surface area (Å²) in [6, 6.07) is 12.5. The lowest BCUT2D eigenvalue weighted by atomic mass is 10.0. The molecule has 2 aromatic carbocycles. The van der Waals surface area contributed by atoms with Gasteiger partial charge in [-0.2, -0.15) is 0 Å². The number of ether oxygens (including phenoxy) is 2. The van der Waals surface area contributed by atoms with Crippen molar-refractivity contribution in [1.82, 2.24) is 5.32 Å². The first-order valence-electron chi connectivity index (χ1n) is 9.28. The number of rotatable bonds is 7. The SMILES string of the molecule is C=CCNC(=O)C1=C(C)c2cc(OC)c(OC)cc2N(Cc2ccccc2)S1(=O)=O. The van der Waals surface area contributed by atoms with E-state index in [1.165, 1.54) is 24.6 Å². The maximum Gasteiger partial charge on any atom is 0.270 e. The highest BCUT2D eigenvalue weighted by Gasteiger charge is 2.40. The monoisotopic (exact) mass is 428 g/mol. The van der Waals surface area contributed by atoms with Crippen molar-refractivity contribution in [3.63, 3.8) is 0 Å². The molecule has 1 amide bonds. The fourth-order valence-corrected chi connectivity index (χ4v) is 5.14. The predicted octanol–water partition coefficient (Wildman–Crippen LogP) is 3.09. The van der Waals surface area contributed by atoms with Gasteiger partial charge in [-0.15, -0.1) is 6.58 Å². The first-order chi connectivity index (χ1) is 14.3. The number of amides is 1. The third kappa shape index (κ3) is 3.78. The molecule has 0 radical (unpaired) electrons. The Morgan fingerprint density at radius 2 is 1.77 bits per heavy atom. The highest BCUT2D eigenvalue weighted by Crippen LogP contribution is 2.45. The Morgan fingerprint density at radius 3 is 2.37 bits per heavy atom. The molecule has 7 nitrogen and oxygen atoms in total. The van der Waals surface area contributed by atoms with Crippen LogP contribution in [0.25, 0.3) is 5.57 Å². The standard InChI is InChI=1S/C22H24N2O5S/c1-5-11-23-22(25)21-15(2)17-12-19(28-3)20(29-4)13-18(17)24(30(21,26)27)14-16-9-7-6-8-10-16/h5-10,12-13H,1,11,14H2,2-4H3,(H,23,25). The Hall–Kier alpha value is -3.26. The van der Waals surface area contributed by atoms with Crippen LogP contribution in [0.4, 0.5) is 5.69 Å². The van der Waals surface area contributed by atoms with E-state index < -0.39 is 15.9 Å². The van der Waals surface area contributed by atoms with E-state index in [2.05, 4.69) is 11.9 Å². The molecule has 0 bridgehead atoms. The lowest BCUT2D eigenvalue weighted by Crippen LogP contribution is -2.40. The molecule has 0 aromatic heterocycles. The number of nitrogens with one attached hydrogen (secondary N) is 1. The summed E-state index contributed by atoms with van der Waals surface area (Å²) < 4.78 is 39.1. The van der Waals surface area contributed by atoms with Crippen molar-refractivity contribution < 1.29 is 22.7 Å². The number of benzene rings is 2. The van der Waals surface area contributed by atoms with E-state index in [9.17, 15) is 13.2 Å². The van der Waals surface area contributed by atoms with Gasteiger partial charge >= 0.3 is 0 Å². The number of methoxy groups -OCH3 is 2. The van der Waals surface area contributed by atoms with Crippen molar-refractivity contribution in [3.8, 4) is 11.5 Å². The molecule has 30 heavy (non-hydrogen) atoms. The van der Waals surface area contributed by atoms with E-state index in [1.54, 1.807) is 19.1 Å². The van der Waals surface area contributed by atoms with Crippen LogP contribution in [0.3, 0.4) is 0 Å². The molecular weight excluding hydrogens is 404 g/mol. The van der Waals surface area contributed by atoms with E-state index in [4.69, 9.17) is 9.47 Å². The molecule has 0 unspecified atom stereocenters. The van der Waals surface area contributed by atoms with Crippen molar-refractivity contribution in [2.75, 3.05) is 25.1 Å². The van der Waals surface area contributed by atoms with Gasteiger partial charge in [0.2, 0.25) is 0 Å². The zero-order chi connectivity index (χ0) is 21.9. The summed E-state index contributed by atoms with van der Waals surface area (Å²) in [4.78, 5) is 12.5. The second kappa shape index (κ2) is 8.62. The fourth-order valence-electron chi connectivity index (χ4n) is 3.38. The average molecular weight is 429 g/mol. The van der Waals surface area contributed by atoms with Gasteiger partial charge < -0.3 is 14.8 Å². The number of hydrogen-bond donors (Lipinski definition) is 1. The Bertz CT molecular complexity index is 1110. The van der Waals surface area contributed by atoms with Crippen molar-refractivity contribution in [3.05, 3.63) is 71.2 Å². The van der Waals surface area contributed by atoms with Crippen LogP contribution in [-0.4, -0.2) is 35.1 Å². The zero-order valence-electron chi connectivity index (χ0n) is 17.1. The lowest BCUT2D eigenvalue weighted by Gasteiger charge is -2.33. The van der Waals surface area contributed by atoms with E-state index in [1.807, 2.05) is 30.3 Å². The molecule has 1 aliphatic heterocycles. The Morgan fingerprint density at radius 1 is 1.13 bits per heavy atom. The number of allylic oxidation sites excluding steroid dienone is 1. The third-order valence-electron chi connectivity index (χ3n) is 4.85. The van der Waals surface area contributed by atoms with Crippen LogP contribution in [0.5, 0.6) is 11.5 Å². The van der Waals surface area contributed by atoms with Crippen LogP contribution >= 0.6 is 0 Å². The number of sulfonamides is 1. The molecule has 2 aromatic rings. The molecule has 1 aliphatic rings. The largest absolute Gasteiger partial charge is 0.493 e. The number of nitrogens with zero attached hydrogens (tertiary/aromatic N) is 1. The molecule has 0 fully saturated rings. The summed E-state index contributed by atoms with van der Waals surface area (Å²) in [6.07, 6.45) is 1.49. The summed E-state index contributed by atoms with van der Waals surface area (Å²) in [5, 5.41) is 2.58. The highest BCUT2D eigenvalue weighted by atomic mass is 32.2. The van der Waals surface area contributed by atoms with Crippen LogP contribution in [0.15, 0.2) is 60.0 Å². The van der Waals surface area contributed by atoms with Gasteiger partial charge in [-0.3, -0.25) is 9.10 Å². The van der Waals surface area contributed by atoms with Gasteiger partial charge in [0.15, 0.2) is 16.4 Å². The maximum atomic E-state index is 13.6. The summed E-state index contributed by atoms with van der Waals surface area (Å²) >= 11 is 0. The Labute approximate surface area is 176 Å². The second-order valence-electron chi connectivity index (χ2n) is 6.67. The predicted molar refractivity (Wildman–Crippen MR) is 117 cm³/mol. The average Bonchev–Trinajstić information content (AvgIpc) is 2.74. The Balaban J connectivity index is 2.25. The fraction of sp³-hybridized carbons (Fsp3) is 0.227. The molecule has 1 heterocycles. The molecule has 0 atom stereocenters. The van der Waals surface area contributed by atoms with Crippen molar-refractivity contribution in [1.29, 1.82) is 0 Å². The van der Waals surface area contributed by atoms with Crippen LogP contribution in [0.1, 0.15) is 18.1 Å². The van der Waals surface area contributed by atoms with Gasteiger partial charge in [0, 0.05) is 18.2 Å². The summed E-state index contributed by atoms with van der Waals surface area (Å²) in [6.45, 7) is 5.40. The van der Waals surface area contributed by atoms with Gasteiger partial charge in [-0.05, 0) is 24.1 Å². The van der Waals surface area contributed by atoms with Crippen LogP contribution in [0.2, 0.25) is 0 Å². The van der Waals surface area contributed by atoms with Gasteiger partial charge in [0.05, 0.1) is 26.5 Å². The number of carbonyl (C=O) groups excluding carboxylic acids is 1. The van der Waals surface area contributed by atoms with Gasteiger partial charge in [-0.1, -0.05) is 36.4 Å². The summed E-state index contributed by atoms with van der Waals surface area (Å²) in [5.41, 5.74) is 2.14. The second-order valence-corrected chi connectivity index (χ2v) is 8.47. The highest BCUT2D eigenvalue weighted by molar-refractivity contribution is 7.97. The number of anilines is 1. The van der Waals surface area contributed by atoms with Gasteiger partial charge in [-0.25, -0.2) is 8.42 Å². The molecule has 0 spiro atoms. The zero-order valence-corrected chi connectivity index (χ0v) is 18.0. The minimum Gasteiger partial charge on any atom is -0.493 e. The Kier molecular flexibility index (Phi) is 6.17. The quantitative estimate of drug-likeness (QED) is 0.685. The van der Waals surface area contributed by atoms with Crippen LogP contribution < -0.4 is 19.1 Å². The van der Waals surface area contributed by atoms with Crippen molar-refractivity contribution in [2.24, 2.45) is 0 Å². The van der Waals surface area contributed by atoms with E-state index >= 15 is 0 Å². The lowest BCUT2D eigenvalue weighted by molar-refractivity contribution is -0.116. The maximum absolute atomic E-state index is 13.6. The topological polar surface area (TPSA) is 84.9 Å². The minimum atomic E-state index is -4.13. The number of carbonyl (C=O) groups is 1. The number of hydrogen-bond acceptors (Lipinski definition) is 5. The van der Waals surface area contributed by atoms with E-state index in [-0.39, 0.29) is 18.0 Å². The molecule has 3 rings (SSSR count). The first-order valence-corrected chi connectivity index (χ1v) is 10.7. The molecule has 1 N–H and O–H groups in total. The molecule has 0 aliphatic carbocycles. The van der Waals surface area contributed by atoms with Crippen molar-refractivity contribution >= 4 is 27.2 Å². The van der Waals surface area contributed by atoms with E-state index in [0.29, 0.717) is 28.3 Å².